The standard InChI is InChI=1S/C12H14N2O/c1-8-4-10(7-14-6-8)12(15)9-2-3-11(13)5-9/h2-4,6-7,9,11H,5,13H2,1H3. The Hall–Kier alpha value is -1.48. The van der Waals surface area contributed by atoms with Gasteiger partial charge in [0.1, 0.15) is 0 Å². The van der Waals surface area contributed by atoms with Crippen LogP contribution >= 0.6 is 0 Å². The summed E-state index contributed by atoms with van der Waals surface area (Å²) in [5.41, 5.74) is 7.40. The van der Waals surface area contributed by atoms with Gasteiger partial charge in [0.05, 0.1) is 0 Å². The van der Waals surface area contributed by atoms with Gasteiger partial charge in [-0.1, -0.05) is 12.2 Å². The van der Waals surface area contributed by atoms with Gasteiger partial charge in [-0.25, -0.2) is 0 Å². The lowest BCUT2D eigenvalue weighted by Gasteiger charge is -2.08. The monoisotopic (exact) mass is 202 g/mol. The highest BCUT2D eigenvalue weighted by atomic mass is 16.1. The molecule has 0 bridgehead atoms. The summed E-state index contributed by atoms with van der Waals surface area (Å²) in [6.07, 6.45) is 7.87. The molecule has 78 valence electrons. The maximum absolute atomic E-state index is 12.0. The smallest absolute Gasteiger partial charge is 0.171 e. The predicted molar refractivity (Wildman–Crippen MR) is 58.5 cm³/mol. The third-order valence-electron chi connectivity index (χ3n) is 2.61. The fourth-order valence-electron chi connectivity index (χ4n) is 1.83. The van der Waals surface area contributed by atoms with E-state index in [-0.39, 0.29) is 17.7 Å². The Morgan fingerprint density at radius 3 is 2.87 bits per heavy atom. The van der Waals surface area contributed by atoms with Gasteiger partial charge >= 0.3 is 0 Å². The number of aromatic nitrogens is 1. The maximum atomic E-state index is 12.0. The van der Waals surface area contributed by atoms with E-state index in [1.807, 2.05) is 25.1 Å². The summed E-state index contributed by atoms with van der Waals surface area (Å²) < 4.78 is 0. The van der Waals surface area contributed by atoms with Gasteiger partial charge in [-0.15, -0.1) is 0 Å². The van der Waals surface area contributed by atoms with Crippen LogP contribution in [0.5, 0.6) is 0 Å². The normalized spacial score (nSPS) is 24.4. The quantitative estimate of drug-likeness (QED) is 0.583. The van der Waals surface area contributed by atoms with Crippen LogP contribution in [0.1, 0.15) is 22.3 Å². The molecule has 0 amide bonds. The van der Waals surface area contributed by atoms with Crippen molar-refractivity contribution >= 4 is 5.78 Å². The van der Waals surface area contributed by atoms with Crippen molar-refractivity contribution in [2.24, 2.45) is 11.7 Å². The van der Waals surface area contributed by atoms with E-state index >= 15 is 0 Å². The van der Waals surface area contributed by atoms with E-state index in [0.29, 0.717) is 12.0 Å². The molecule has 0 saturated carbocycles. The number of allylic oxidation sites excluding steroid dienone is 1. The number of carbonyl (C=O) groups is 1. The molecular formula is C12H14N2O. The second-order valence-electron chi connectivity index (χ2n) is 4.01. The number of ketones is 1. The summed E-state index contributed by atoms with van der Waals surface area (Å²) in [7, 11) is 0. The minimum atomic E-state index is -0.0661. The van der Waals surface area contributed by atoms with Gasteiger partial charge < -0.3 is 5.73 Å². The molecule has 1 aliphatic carbocycles. The molecule has 1 aromatic rings. The van der Waals surface area contributed by atoms with Crippen molar-refractivity contribution in [2.45, 2.75) is 19.4 Å². The van der Waals surface area contributed by atoms with Crippen LogP contribution in [0.2, 0.25) is 0 Å². The number of Topliss-reactive ketones (excluding diaryl/α,β-unsaturated/α-hetero) is 1. The molecule has 2 N–H and O–H groups in total. The fraction of sp³-hybridized carbons (Fsp3) is 0.333. The Morgan fingerprint density at radius 2 is 2.27 bits per heavy atom. The van der Waals surface area contributed by atoms with E-state index in [1.165, 1.54) is 0 Å². The molecule has 3 nitrogen and oxygen atoms in total. The fourth-order valence-corrected chi connectivity index (χ4v) is 1.83. The van der Waals surface area contributed by atoms with Crippen LogP contribution in [0.15, 0.2) is 30.6 Å². The van der Waals surface area contributed by atoms with E-state index in [1.54, 1.807) is 12.4 Å². The molecule has 1 aromatic heterocycles. The molecule has 0 aromatic carbocycles. The molecular weight excluding hydrogens is 188 g/mol. The number of nitrogens with two attached hydrogens (primary N) is 1. The van der Waals surface area contributed by atoms with Crippen LogP contribution in [0.3, 0.4) is 0 Å². The van der Waals surface area contributed by atoms with Crippen LogP contribution in [0, 0.1) is 12.8 Å². The lowest BCUT2D eigenvalue weighted by atomic mass is 9.97. The highest BCUT2D eigenvalue weighted by molar-refractivity contribution is 5.99. The summed E-state index contributed by atoms with van der Waals surface area (Å²) in [6.45, 7) is 1.93. The first-order valence-electron chi connectivity index (χ1n) is 5.06. The summed E-state index contributed by atoms with van der Waals surface area (Å²) in [4.78, 5) is 16.0. The second kappa shape index (κ2) is 3.95. The van der Waals surface area contributed by atoms with Gasteiger partial charge in [0.25, 0.3) is 0 Å². The zero-order valence-corrected chi connectivity index (χ0v) is 8.68. The van der Waals surface area contributed by atoms with E-state index in [2.05, 4.69) is 4.98 Å². The Bertz CT molecular complexity index is 412. The minimum Gasteiger partial charge on any atom is -0.324 e. The average Bonchev–Trinajstić information content (AvgIpc) is 2.64. The zero-order chi connectivity index (χ0) is 10.8. The lowest BCUT2D eigenvalue weighted by Crippen LogP contribution is -2.19. The topological polar surface area (TPSA) is 56.0 Å². The molecule has 15 heavy (non-hydrogen) atoms. The highest BCUT2D eigenvalue weighted by Crippen LogP contribution is 2.21. The van der Waals surface area contributed by atoms with Crippen LogP contribution < -0.4 is 5.73 Å². The summed E-state index contributed by atoms with van der Waals surface area (Å²) in [5.74, 6) is 0.0546. The third-order valence-corrected chi connectivity index (χ3v) is 2.61. The van der Waals surface area contributed by atoms with Gasteiger partial charge in [0.15, 0.2) is 5.78 Å². The highest BCUT2D eigenvalue weighted by Gasteiger charge is 2.23. The van der Waals surface area contributed by atoms with Crippen molar-refractivity contribution in [1.29, 1.82) is 0 Å². The van der Waals surface area contributed by atoms with Crippen molar-refractivity contribution < 1.29 is 4.79 Å². The summed E-state index contributed by atoms with van der Waals surface area (Å²) >= 11 is 0. The molecule has 3 heteroatoms. The number of hydrogen-bond acceptors (Lipinski definition) is 3. The van der Waals surface area contributed by atoms with Crippen molar-refractivity contribution in [3.05, 3.63) is 41.7 Å². The first-order chi connectivity index (χ1) is 7.16. The molecule has 2 rings (SSSR count). The van der Waals surface area contributed by atoms with Crippen LogP contribution in [-0.2, 0) is 0 Å². The number of pyridine rings is 1. The Kier molecular flexibility index (Phi) is 2.64. The van der Waals surface area contributed by atoms with E-state index < -0.39 is 0 Å². The first kappa shape index (κ1) is 10.1. The molecule has 0 radical (unpaired) electrons. The number of aryl methyl sites for hydroxylation is 1. The molecule has 1 aliphatic rings. The number of hydrogen-bond donors (Lipinski definition) is 1. The van der Waals surface area contributed by atoms with Gasteiger partial charge in [0, 0.05) is 29.9 Å². The SMILES string of the molecule is Cc1cncc(C(=O)C2C=CC(N)C2)c1. The van der Waals surface area contributed by atoms with Crippen molar-refractivity contribution in [3.8, 4) is 0 Å². The third kappa shape index (κ3) is 2.13. The zero-order valence-electron chi connectivity index (χ0n) is 8.68. The Morgan fingerprint density at radius 1 is 1.47 bits per heavy atom. The first-order valence-corrected chi connectivity index (χ1v) is 5.06. The van der Waals surface area contributed by atoms with Crippen molar-refractivity contribution in [2.75, 3.05) is 0 Å². The van der Waals surface area contributed by atoms with Crippen LogP contribution in [0.4, 0.5) is 0 Å². The summed E-state index contributed by atoms with van der Waals surface area (Å²) in [5, 5.41) is 0. The number of rotatable bonds is 2. The van der Waals surface area contributed by atoms with E-state index in [0.717, 1.165) is 5.56 Å². The van der Waals surface area contributed by atoms with E-state index in [9.17, 15) is 4.79 Å². The molecule has 1 heterocycles. The summed E-state index contributed by atoms with van der Waals surface area (Å²) in [6, 6.07) is 1.89. The largest absolute Gasteiger partial charge is 0.324 e. The van der Waals surface area contributed by atoms with Crippen LogP contribution in [0.25, 0.3) is 0 Å². The molecule has 0 saturated heterocycles. The van der Waals surface area contributed by atoms with E-state index in [4.69, 9.17) is 5.73 Å². The Labute approximate surface area is 89.0 Å². The molecule has 2 atom stereocenters. The molecule has 0 spiro atoms. The Balaban J connectivity index is 2.18. The van der Waals surface area contributed by atoms with Crippen molar-refractivity contribution in [3.63, 3.8) is 0 Å². The number of nitrogens with zero attached hydrogens (tertiary/aromatic N) is 1. The molecule has 0 aliphatic heterocycles. The van der Waals surface area contributed by atoms with Gasteiger partial charge in [-0.2, -0.15) is 0 Å². The van der Waals surface area contributed by atoms with Gasteiger partial charge in [-0.05, 0) is 25.0 Å². The van der Waals surface area contributed by atoms with Gasteiger partial charge in [0.2, 0.25) is 0 Å². The number of carbonyl (C=O) groups excluding carboxylic acids is 1. The van der Waals surface area contributed by atoms with Gasteiger partial charge in [-0.3, -0.25) is 9.78 Å². The van der Waals surface area contributed by atoms with Crippen LogP contribution in [-0.4, -0.2) is 16.8 Å². The molecule has 0 fully saturated rings. The predicted octanol–water partition coefficient (Wildman–Crippen LogP) is 1.48. The minimum absolute atomic E-state index is 0.0247. The second-order valence-corrected chi connectivity index (χ2v) is 4.01. The molecule has 2 unspecified atom stereocenters. The maximum Gasteiger partial charge on any atom is 0.171 e. The lowest BCUT2D eigenvalue weighted by molar-refractivity contribution is 0.0942. The van der Waals surface area contributed by atoms with Crippen molar-refractivity contribution in [1.82, 2.24) is 4.98 Å². The average molecular weight is 202 g/mol.